The van der Waals surface area contributed by atoms with Crippen LogP contribution in [-0.2, 0) is 50.9 Å². The standard InChI is InChI=1S/C36H50N6O9/c1-21(31(46)38-24(34(49)50)14-17-28(45)51-42-26(43)15-16-27(42)44)18-19-40(8)33(48)30(35(2,3)4)39-32(47)29(37-7)36(5,6)23-20-41(9)25-13-11-10-12-22(23)25/h10-13,18,20,24,29-30,37H,14-17,19H2,1-9H3,(H,38,46)(H,39,47)(H,49,50)/b21-18+/t24-,29-,30?/m1/s1. The van der Waals surface area contributed by atoms with Crippen LogP contribution in [0.15, 0.2) is 42.1 Å². The first-order valence-electron chi connectivity index (χ1n) is 16.7. The average Bonchev–Trinajstić information content (AvgIpc) is 3.57. The number of hydrogen-bond acceptors (Lipinski definition) is 9. The van der Waals surface area contributed by atoms with Gasteiger partial charge in [0.2, 0.25) is 17.7 Å². The first-order chi connectivity index (χ1) is 23.7. The Morgan fingerprint density at radius 1 is 1.00 bits per heavy atom. The molecule has 15 heteroatoms. The number of aryl methyl sites for hydroxylation is 1. The van der Waals surface area contributed by atoms with E-state index >= 15 is 0 Å². The highest BCUT2D eigenvalue weighted by Crippen LogP contribution is 2.35. The molecule has 2 heterocycles. The lowest BCUT2D eigenvalue weighted by atomic mass is 9.76. The Morgan fingerprint density at radius 3 is 2.18 bits per heavy atom. The molecule has 1 aromatic carbocycles. The Balaban J connectivity index is 1.66. The van der Waals surface area contributed by atoms with Crippen LogP contribution >= 0.6 is 0 Å². The summed E-state index contributed by atoms with van der Waals surface area (Å²) in [6.45, 7) is 10.9. The van der Waals surface area contributed by atoms with Crippen LogP contribution in [0.1, 0.15) is 72.8 Å². The third kappa shape index (κ3) is 9.60. The predicted molar refractivity (Wildman–Crippen MR) is 188 cm³/mol. The first kappa shape index (κ1) is 40.4. The number of nitrogens with one attached hydrogen (secondary N) is 3. The zero-order chi connectivity index (χ0) is 38.4. The van der Waals surface area contributed by atoms with E-state index in [0.29, 0.717) is 5.06 Å². The lowest BCUT2D eigenvalue weighted by molar-refractivity contribution is -0.197. The Morgan fingerprint density at radius 2 is 1.61 bits per heavy atom. The second-order valence-electron chi connectivity index (χ2n) is 14.5. The number of hydrogen-bond donors (Lipinski definition) is 4. The van der Waals surface area contributed by atoms with Crippen LogP contribution < -0.4 is 16.0 Å². The number of likely N-dealkylation sites (N-methyl/N-ethyl adjacent to an activating group) is 2. The number of carboxylic acid groups (broad SMARTS) is 1. The number of carboxylic acids is 1. The fourth-order valence-corrected chi connectivity index (χ4v) is 5.98. The van der Waals surface area contributed by atoms with Crippen LogP contribution in [0.5, 0.6) is 0 Å². The van der Waals surface area contributed by atoms with E-state index in [1.165, 1.54) is 24.9 Å². The van der Waals surface area contributed by atoms with Gasteiger partial charge in [-0.15, -0.1) is 5.06 Å². The van der Waals surface area contributed by atoms with Crippen LogP contribution in [0.3, 0.4) is 0 Å². The Hall–Kier alpha value is -5.05. The zero-order valence-corrected chi connectivity index (χ0v) is 30.8. The maximum absolute atomic E-state index is 13.9. The largest absolute Gasteiger partial charge is 0.480 e. The lowest BCUT2D eigenvalue weighted by Crippen LogP contribution is -2.60. The van der Waals surface area contributed by atoms with E-state index in [1.807, 2.05) is 76.7 Å². The normalized spacial score (nSPS) is 15.7. The van der Waals surface area contributed by atoms with Crippen LogP contribution in [0.2, 0.25) is 0 Å². The second kappa shape index (κ2) is 16.3. The Bertz CT molecular complexity index is 1700. The molecule has 4 N–H and O–H groups in total. The zero-order valence-electron chi connectivity index (χ0n) is 30.8. The molecule has 5 amide bonds. The van der Waals surface area contributed by atoms with Crippen molar-refractivity contribution in [1.82, 2.24) is 30.5 Å². The molecule has 1 unspecified atom stereocenters. The highest BCUT2D eigenvalue weighted by molar-refractivity contribution is 6.01. The predicted octanol–water partition coefficient (Wildman–Crippen LogP) is 1.94. The van der Waals surface area contributed by atoms with Gasteiger partial charge in [-0.05, 0) is 37.4 Å². The third-order valence-corrected chi connectivity index (χ3v) is 9.11. The Kier molecular flexibility index (Phi) is 12.9. The van der Waals surface area contributed by atoms with Gasteiger partial charge in [0.25, 0.3) is 11.8 Å². The molecule has 0 bridgehead atoms. The number of benzene rings is 1. The van der Waals surface area contributed by atoms with Gasteiger partial charge in [-0.1, -0.05) is 58.9 Å². The summed E-state index contributed by atoms with van der Waals surface area (Å²) in [6.07, 6.45) is 2.45. The average molecular weight is 711 g/mol. The molecular formula is C36H50N6O9. The third-order valence-electron chi connectivity index (χ3n) is 9.11. The van der Waals surface area contributed by atoms with E-state index in [-0.39, 0.29) is 37.3 Å². The van der Waals surface area contributed by atoms with Gasteiger partial charge < -0.3 is 35.4 Å². The molecule has 0 radical (unpaired) electrons. The summed E-state index contributed by atoms with van der Waals surface area (Å²) in [5.41, 5.74) is 0.755. The van der Waals surface area contributed by atoms with Gasteiger partial charge in [0.15, 0.2) is 0 Å². The molecule has 0 spiro atoms. The summed E-state index contributed by atoms with van der Waals surface area (Å²) < 4.78 is 2.02. The van der Waals surface area contributed by atoms with Gasteiger partial charge >= 0.3 is 11.9 Å². The molecule has 1 aromatic heterocycles. The monoisotopic (exact) mass is 710 g/mol. The molecule has 15 nitrogen and oxygen atoms in total. The number of rotatable bonds is 15. The van der Waals surface area contributed by atoms with Crippen molar-refractivity contribution in [3.05, 3.63) is 47.7 Å². The number of para-hydroxylation sites is 1. The summed E-state index contributed by atoms with van der Waals surface area (Å²) in [5.74, 6) is -5.23. The molecule has 1 aliphatic rings. The summed E-state index contributed by atoms with van der Waals surface area (Å²) in [7, 11) is 5.19. The van der Waals surface area contributed by atoms with Gasteiger partial charge in [0.05, 0.1) is 12.5 Å². The maximum atomic E-state index is 13.9. The SMILES string of the molecule is CN[C@H](C(=O)NC(C(=O)N(C)C/C=C(\C)C(=O)N[C@H](CCC(=O)ON1C(=O)CCC1=O)C(=O)O)C(C)(C)C)C(C)(C)c1cn(C)c2ccccc12. The number of hydroxylamine groups is 2. The number of fused-ring (bicyclic) bond motifs is 1. The fourth-order valence-electron chi connectivity index (χ4n) is 5.98. The minimum atomic E-state index is -1.48. The highest BCUT2D eigenvalue weighted by Gasteiger charge is 2.42. The van der Waals surface area contributed by atoms with E-state index in [1.54, 1.807) is 7.05 Å². The molecule has 0 saturated carbocycles. The molecule has 1 saturated heterocycles. The summed E-state index contributed by atoms with van der Waals surface area (Å²) >= 11 is 0. The van der Waals surface area contributed by atoms with Gasteiger partial charge in [-0.3, -0.25) is 24.0 Å². The quantitative estimate of drug-likeness (QED) is 0.157. The molecular weight excluding hydrogens is 660 g/mol. The minimum absolute atomic E-state index is 0.0283. The topological polar surface area (TPSA) is 196 Å². The van der Waals surface area contributed by atoms with Crippen LogP contribution in [-0.4, -0.2) is 99.9 Å². The van der Waals surface area contributed by atoms with Crippen molar-refractivity contribution in [2.45, 2.75) is 90.8 Å². The maximum Gasteiger partial charge on any atom is 0.333 e. The van der Waals surface area contributed by atoms with E-state index in [0.717, 1.165) is 16.5 Å². The summed E-state index contributed by atoms with van der Waals surface area (Å²) in [5, 5.41) is 19.5. The molecule has 3 rings (SSSR count). The van der Waals surface area contributed by atoms with Crippen molar-refractivity contribution < 1.29 is 43.5 Å². The second-order valence-corrected chi connectivity index (χ2v) is 14.5. The smallest absolute Gasteiger partial charge is 0.333 e. The van der Waals surface area contributed by atoms with Crippen molar-refractivity contribution in [1.29, 1.82) is 0 Å². The van der Waals surface area contributed by atoms with Crippen LogP contribution in [0.4, 0.5) is 0 Å². The van der Waals surface area contributed by atoms with E-state index in [4.69, 9.17) is 4.84 Å². The molecule has 278 valence electrons. The number of carbonyl (C=O) groups excluding carboxylic acids is 6. The number of aliphatic carboxylic acids is 1. The number of nitrogens with zero attached hydrogens (tertiary/aromatic N) is 3. The van der Waals surface area contributed by atoms with Crippen molar-refractivity contribution in [2.24, 2.45) is 12.5 Å². The number of aromatic nitrogens is 1. The van der Waals surface area contributed by atoms with Gasteiger partial charge in [-0.2, -0.15) is 0 Å². The van der Waals surface area contributed by atoms with Crippen molar-refractivity contribution in [3.63, 3.8) is 0 Å². The van der Waals surface area contributed by atoms with Crippen molar-refractivity contribution in [2.75, 3.05) is 20.6 Å². The molecule has 0 aliphatic carbocycles. The molecule has 51 heavy (non-hydrogen) atoms. The number of imide groups is 1. The molecule has 2 aromatic rings. The lowest BCUT2D eigenvalue weighted by Gasteiger charge is -2.38. The minimum Gasteiger partial charge on any atom is -0.480 e. The fraction of sp³-hybridized carbons (Fsp3) is 0.528. The van der Waals surface area contributed by atoms with Crippen LogP contribution in [0.25, 0.3) is 10.9 Å². The first-order valence-corrected chi connectivity index (χ1v) is 16.7. The summed E-state index contributed by atoms with van der Waals surface area (Å²) in [4.78, 5) is 93.9. The molecule has 1 fully saturated rings. The van der Waals surface area contributed by atoms with E-state index in [2.05, 4.69) is 16.0 Å². The highest BCUT2D eigenvalue weighted by atomic mass is 16.7. The van der Waals surface area contributed by atoms with E-state index in [9.17, 15) is 38.7 Å². The van der Waals surface area contributed by atoms with Crippen molar-refractivity contribution in [3.8, 4) is 0 Å². The summed E-state index contributed by atoms with van der Waals surface area (Å²) in [6, 6.07) is 4.84. The van der Waals surface area contributed by atoms with Gasteiger partial charge in [0.1, 0.15) is 12.1 Å². The van der Waals surface area contributed by atoms with E-state index < -0.39 is 70.9 Å². The van der Waals surface area contributed by atoms with Gasteiger partial charge in [0, 0.05) is 61.6 Å². The van der Waals surface area contributed by atoms with Crippen molar-refractivity contribution >= 4 is 52.4 Å². The molecule has 1 aliphatic heterocycles. The van der Waals surface area contributed by atoms with Gasteiger partial charge in [-0.25, -0.2) is 9.59 Å². The number of amides is 5. The Labute approximate surface area is 297 Å². The molecule has 3 atom stereocenters. The van der Waals surface area contributed by atoms with Crippen LogP contribution in [0, 0.1) is 5.41 Å². The number of carbonyl (C=O) groups is 7.